The van der Waals surface area contributed by atoms with Crippen LogP contribution in [0.25, 0.3) is 22.4 Å². The molecule has 1 aliphatic carbocycles. The number of aromatic nitrogens is 5. The minimum atomic E-state index is -2.82. The Balaban J connectivity index is 1.45. The Hall–Kier alpha value is -3.86. The van der Waals surface area contributed by atoms with Crippen molar-refractivity contribution in [3.63, 3.8) is 0 Å². The average Bonchev–Trinajstić information content (AvgIpc) is 3.64. The van der Waals surface area contributed by atoms with E-state index in [0.29, 0.717) is 41.4 Å². The van der Waals surface area contributed by atoms with E-state index in [1.807, 2.05) is 38.4 Å². The van der Waals surface area contributed by atoms with Gasteiger partial charge in [0.2, 0.25) is 0 Å². The monoisotopic (exact) mass is 550 g/mol. The predicted molar refractivity (Wildman–Crippen MR) is 146 cm³/mol. The van der Waals surface area contributed by atoms with E-state index >= 15 is 0 Å². The van der Waals surface area contributed by atoms with Gasteiger partial charge in [0.05, 0.1) is 29.9 Å². The molecule has 40 heavy (non-hydrogen) atoms. The summed E-state index contributed by atoms with van der Waals surface area (Å²) in [6.07, 6.45) is 2.75. The van der Waals surface area contributed by atoms with Gasteiger partial charge in [-0.25, -0.2) is 18.7 Å². The summed E-state index contributed by atoms with van der Waals surface area (Å²) >= 11 is 0. The molecule has 4 aromatic rings. The van der Waals surface area contributed by atoms with Gasteiger partial charge >= 0.3 is 0 Å². The van der Waals surface area contributed by atoms with Crippen LogP contribution in [0.15, 0.2) is 30.5 Å². The van der Waals surface area contributed by atoms with Crippen molar-refractivity contribution < 1.29 is 23.0 Å². The van der Waals surface area contributed by atoms with Crippen LogP contribution in [-0.4, -0.2) is 43.8 Å². The van der Waals surface area contributed by atoms with Gasteiger partial charge in [-0.3, -0.25) is 14.0 Å². The Labute approximate surface area is 230 Å². The van der Waals surface area contributed by atoms with E-state index in [2.05, 4.69) is 15.4 Å². The summed E-state index contributed by atoms with van der Waals surface area (Å²) in [5.41, 5.74) is 4.92. The number of anilines is 2. The molecule has 0 amide bonds. The third-order valence-electron chi connectivity index (χ3n) is 7.51. The fourth-order valence-corrected chi connectivity index (χ4v) is 5.39. The summed E-state index contributed by atoms with van der Waals surface area (Å²) in [4.78, 5) is 21.8. The number of benzene rings is 1. The summed E-state index contributed by atoms with van der Waals surface area (Å²) in [6, 6.07) is 7.40. The molecule has 11 heteroatoms. The first-order valence-corrected chi connectivity index (χ1v) is 13.6. The van der Waals surface area contributed by atoms with Crippen molar-refractivity contribution in [1.29, 1.82) is 0 Å². The molecule has 0 radical (unpaired) electrons. The quantitative estimate of drug-likeness (QED) is 0.271. The Morgan fingerprint density at radius 3 is 2.65 bits per heavy atom. The van der Waals surface area contributed by atoms with E-state index in [-0.39, 0.29) is 23.8 Å². The molecule has 3 aromatic heterocycles. The molecule has 1 aliphatic heterocycles. The number of methoxy groups -OCH3 is 1. The molecular formula is C29H32F2N6O3. The van der Waals surface area contributed by atoms with E-state index < -0.39 is 18.5 Å². The van der Waals surface area contributed by atoms with Gasteiger partial charge in [-0.05, 0) is 62.8 Å². The molecule has 9 nitrogen and oxygen atoms in total. The van der Waals surface area contributed by atoms with E-state index in [1.165, 1.54) is 4.57 Å². The maximum atomic E-state index is 14.3. The molecule has 1 saturated heterocycles. The number of imidazole rings is 1. The molecule has 0 spiro atoms. The number of aryl methyl sites for hydroxylation is 2. The van der Waals surface area contributed by atoms with Crippen LogP contribution < -0.4 is 10.1 Å². The zero-order valence-corrected chi connectivity index (χ0v) is 22.8. The largest absolute Gasteiger partial charge is 0.495 e. The van der Waals surface area contributed by atoms with Gasteiger partial charge in [-0.15, -0.1) is 0 Å². The number of ketones is 1. The number of carbonyl (C=O) groups is 1. The number of pyridine rings is 1. The van der Waals surface area contributed by atoms with Gasteiger partial charge in [0.25, 0.3) is 6.43 Å². The van der Waals surface area contributed by atoms with Crippen molar-refractivity contribution in [2.24, 2.45) is 13.0 Å². The smallest absolute Gasteiger partial charge is 0.295 e. The number of fused-ring (bicyclic) bond motifs is 1. The molecule has 1 aromatic carbocycles. The second-order valence-electron chi connectivity index (χ2n) is 10.6. The third-order valence-corrected chi connectivity index (χ3v) is 7.51. The predicted octanol–water partition coefficient (Wildman–Crippen LogP) is 6.05. The minimum absolute atomic E-state index is 0.0554. The normalized spacial score (nSPS) is 17.5. The second kappa shape index (κ2) is 10.6. The van der Waals surface area contributed by atoms with Crippen LogP contribution in [-0.2, 0) is 23.0 Å². The molecule has 1 unspecified atom stereocenters. The van der Waals surface area contributed by atoms with Gasteiger partial charge in [-0.1, -0.05) is 6.07 Å². The van der Waals surface area contributed by atoms with Crippen molar-refractivity contribution in [1.82, 2.24) is 24.3 Å². The number of halogens is 2. The number of ether oxygens (including phenoxy) is 2. The lowest BCUT2D eigenvalue weighted by molar-refractivity contribution is -0.119. The van der Waals surface area contributed by atoms with Crippen molar-refractivity contribution in [2.45, 2.75) is 58.1 Å². The molecule has 2 fully saturated rings. The zero-order valence-electron chi connectivity index (χ0n) is 22.8. The first kappa shape index (κ1) is 26.4. The Kier molecular flexibility index (Phi) is 6.99. The standard InChI is InChI=1S/C29H32F2N6O3/c1-16-15-36(2)35-25(16)18-9-10-20(23(12-18)39-3)33-21-13-19(14-22(38)17-7-8-17)32-28-26(21)34-29(27(30)31)37(28)24-6-4-5-11-40-24/h9-10,12-13,15,17,24,27H,4-8,11,14H2,1-3H3,(H,32,33). The van der Waals surface area contributed by atoms with Gasteiger partial charge < -0.3 is 14.8 Å². The highest BCUT2D eigenvalue weighted by molar-refractivity contribution is 5.92. The van der Waals surface area contributed by atoms with Crippen LogP contribution in [0.5, 0.6) is 5.75 Å². The highest BCUT2D eigenvalue weighted by Gasteiger charge is 2.32. The summed E-state index contributed by atoms with van der Waals surface area (Å²) in [7, 11) is 3.44. The summed E-state index contributed by atoms with van der Waals surface area (Å²) in [5.74, 6) is 0.322. The molecule has 6 rings (SSSR count). The summed E-state index contributed by atoms with van der Waals surface area (Å²) in [5, 5.41) is 7.89. The lowest BCUT2D eigenvalue weighted by Gasteiger charge is -2.25. The number of Topliss-reactive ketones (excluding diaryl/α,β-unsaturated/α-hetero) is 1. The third kappa shape index (κ3) is 5.05. The van der Waals surface area contributed by atoms with Crippen molar-refractivity contribution in [3.05, 3.63) is 47.5 Å². The highest BCUT2D eigenvalue weighted by atomic mass is 19.3. The van der Waals surface area contributed by atoms with Crippen LogP contribution in [0.4, 0.5) is 20.2 Å². The number of rotatable bonds is 9. The molecule has 210 valence electrons. The van der Waals surface area contributed by atoms with E-state index in [1.54, 1.807) is 17.9 Å². The van der Waals surface area contributed by atoms with E-state index in [4.69, 9.17) is 14.5 Å². The lowest BCUT2D eigenvalue weighted by Crippen LogP contribution is -2.21. The molecular weight excluding hydrogens is 518 g/mol. The van der Waals surface area contributed by atoms with Crippen molar-refractivity contribution in [3.8, 4) is 17.0 Å². The zero-order chi connectivity index (χ0) is 28.0. The number of hydrogen-bond donors (Lipinski definition) is 1. The number of nitrogens with zero attached hydrogens (tertiary/aromatic N) is 5. The van der Waals surface area contributed by atoms with Crippen molar-refractivity contribution in [2.75, 3.05) is 19.0 Å². The molecule has 2 aliphatic rings. The maximum Gasteiger partial charge on any atom is 0.295 e. The molecule has 1 atom stereocenters. The fourth-order valence-electron chi connectivity index (χ4n) is 5.39. The molecule has 0 bridgehead atoms. The first-order valence-electron chi connectivity index (χ1n) is 13.6. The molecule has 1 N–H and O–H groups in total. The Bertz CT molecular complexity index is 1570. The molecule has 4 heterocycles. The maximum absolute atomic E-state index is 14.3. The van der Waals surface area contributed by atoms with E-state index in [0.717, 1.165) is 42.5 Å². The van der Waals surface area contributed by atoms with Crippen LogP contribution in [0.1, 0.15) is 61.8 Å². The van der Waals surface area contributed by atoms with Crippen LogP contribution >= 0.6 is 0 Å². The summed E-state index contributed by atoms with van der Waals surface area (Å²) in [6.45, 7) is 2.48. The van der Waals surface area contributed by atoms with Gasteiger partial charge in [0.1, 0.15) is 23.3 Å². The average molecular weight is 551 g/mol. The Morgan fingerprint density at radius 2 is 2.00 bits per heavy atom. The van der Waals surface area contributed by atoms with E-state index in [9.17, 15) is 13.6 Å². The highest BCUT2D eigenvalue weighted by Crippen LogP contribution is 2.39. The molecule has 1 saturated carbocycles. The minimum Gasteiger partial charge on any atom is -0.495 e. The van der Waals surface area contributed by atoms with Crippen LogP contribution in [0.2, 0.25) is 0 Å². The number of hydrogen-bond acceptors (Lipinski definition) is 7. The van der Waals surface area contributed by atoms with Crippen LogP contribution in [0.3, 0.4) is 0 Å². The topological polar surface area (TPSA) is 96.1 Å². The van der Waals surface area contributed by atoms with Crippen molar-refractivity contribution >= 4 is 28.3 Å². The first-order chi connectivity index (χ1) is 19.3. The lowest BCUT2D eigenvalue weighted by atomic mass is 10.1. The van der Waals surface area contributed by atoms with Gasteiger partial charge in [0, 0.05) is 37.8 Å². The second-order valence-corrected chi connectivity index (χ2v) is 10.6. The summed E-state index contributed by atoms with van der Waals surface area (Å²) < 4.78 is 43.4. The SMILES string of the molecule is COc1cc(-c2nn(C)cc2C)ccc1Nc1cc(CC(=O)C2CC2)nc2c1nc(C(F)F)n2C1CCCCO1. The Morgan fingerprint density at radius 1 is 1.18 bits per heavy atom. The van der Waals surface area contributed by atoms with Crippen LogP contribution in [0, 0.1) is 12.8 Å². The van der Waals surface area contributed by atoms with Gasteiger partial charge in [0.15, 0.2) is 11.5 Å². The fraction of sp³-hybridized carbons (Fsp3) is 0.448. The number of carbonyl (C=O) groups excluding carboxylic acids is 1. The number of alkyl halides is 2. The number of nitrogens with one attached hydrogen (secondary N) is 1. The van der Waals surface area contributed by atoms with Gasteiger partial charge in [-0.2, -0.15) is 5.10 Å².